The second kappa shape index (κ2) is 8.00. The molecule has 0 N–H and O–H groups in total. The number of carbonyl (C=O) groups excluding carboxylic acids is 1. The smallest absolute Gasteiger partial charge is 0.292 e. The van der Waals surface area contributed by atoms with Gasteiger partial charge in [-0.1, -0.05) is 42.5 Å². The van der Waals surface area contributed by atoms with Crippen LogP contribution in [0.1, 0.15) is 37.3 Å². The first-order valence-electron chi connectivity index (χ1n) is 9.99. The third kappa shape index (κ3) is 3.59. The number of nitro benzene ring substituents is 1. The Morgan fingerprint density at radius 1 is 0.929 bits per heavy atom. The first-order valence-corrected chi connectivity index (χ1v) is 9.99. The van der Waals surface area contributed by atoms with Crippen molar-refractivity contribution in [3.8, 4) is 0 Å². The molecule has 0 bridgehead atoms. The number of rotatable bonds is 4. The van der Waals surface area contributed by atoms with Gasteiger partial charge in [-0.2, -0.15) is 0 Å². The molecule has 6 nitrogen and oxygen atoms in total. The summed E-state index contributed by atoms with van der Waals surface area (Å²) in [6, 6.07) is 17.3. The molecule has 6 heteroatoms. The third-order valence-electron chi connectivity index (χ3n) is 5.98. The van der Waals surface area contributed by atoms with Gasteiger partial charge in [-0.05, 0) is 37.3 Å². The largest absolute Gasteiger partial charge is 0.366 e. The number of anilines is 1. The molecule has 0 spiro atoms. The van der Waals surface area contributed by atoms with E-state index in [2.05, 4.69) is 17.0 Å². The lowest BCUT2D eigenvalue weighted by molar-refractivity contribution is -0.384. The number of hydrogen-bond donors (Lipinski definition) is 0. The fourth-order valence-electron chi connectivity index (χ4n) is 4.54. The van der Waals surface area contributed by atoms with E-state index < -0.39 is 0 Å². The van der Waals surface area contributed by atoms with Gasteiger partial charge in [-0.25, -0.2) is 0 Å². The number of piperidine rings is 1. The van der Waals surface area contributed by atoms with E-state index in [0.29, 0.717) is 18.8 Å². The Morgan fingerprint density at radius 3 is 2.32 bits per heavy atom. The molecule has 2 aromatic carbocycles. The molecular formula is C22H25N3O3. The highest BCUT2D eigenvalue weighted by Crippen LogP contribution is 2.36. The van der Waals surface area contributed by atoms with E-state index in [1.54, 1.807) is 18.2 Å². The van der Waals surface area contributed by atoms with E-state index in [4.69, 9.17) is 0 Å². The molecule has 146 valence electrons. The molecule has 0 radical (unpaired) electrons. The second-order valence-corrected chi connectivity index (χ2v) is 7.61. The van der Waals surface area contributed by atoms with Crippen molar-refractivity contribution in [2.24, 2.45) is 5.92 Å². The van der Waals surface area contributed by atoms with Gasteiger partial charge in [0.05, 0.1) is 11.0 Å². The van der Waals surface area contributed by atoms with Gasteiger partial charge >= 0.3 is 0 Å². The van der Waals surface area contributed by atoms with Crippen LogP contribution in [0.3, 0.4) is 0 Å². The lowest BCUT2D eigenvalue weighted by Gasteiger charge is -2.35. The molecule has 0 saturated carbocycles. The highest BCUT2D eigenvalue weighted by molar-refractivity contribution is 5.80. The number of amides is 1. The normalized spacial score (nSPS) is 20.4. The maximum absolute atomic E-state index is 13.2. The van der Waals surface area contributed by atoms with Crippen LogP contribution in [0, 0.1) is 16.0 Å². The average molecular weight is 379 g/mol. The molecule has 1 atom stereocenters. The van der Waals surface area contributed by atoms with Gasteiger partial charge in [0.15, 0.2) is 0 Å². The predicted molar refractivity (Wildman–Crippen MR) is 108 cm³/mol. The molecule has 4 rings (SSSR count). The zero-order chi connectivity index (χ0) is 19.5. The quantitative estimate of drug-likeness (QED) is 0.590. The highest BCUT2D eigenvalue weighted by Gasteiger charge is 2.36. The van der Waals surface area contributed by atoms with Crippen molar-refractivity contribution in [1.29, 1.82) is 0 Å². The average Bonchev–Trinajstić information content (AvgIpc) is 3.24. The van der Waals surface area contributed by atoms with Crippen LogP contribution in [-0.4, -0.2) is 35.4 Å². The number of benzene rings is 2. The van der Waals surface area contributed by atoms with Crippen molar-refractivity contribution in [3.63, 3.8) is 0 Å². The van der Waals surface area contributed by atoms with Gasteiger partial charge in [-0.15, -0.1) is 0 Å². The molecule has 0 aromatic heterocycles. The minimum absolute atomic E-state index is 0.00308. The zero-order valence-electron chi connectivity index (χ0n) is 15.9. The van der Waals surface area contributed by atoms with Crippen molar-refractivity contribution >= 4 is 17.3 Å². The summed E-state index contributed by atoms with van der Waals surface area (Å²) in [5.74, 6) is 0.247. The Morgan fingerprint density at radius 2 is 1.61 bits per heavy atom. The van der Waals surface area contributed by atoms with Crippen LogP contribution < -0.4 is 4.90 Å². The van der Waals surface area contributed by atoms with Crippen LogP contribution >= 0.6 is 0 Å². The topological polar surface area (TPSA) is 66.7 Å². The molecular weight excluding hydrogens is 354 g/mol. The summed E-state index contributed by atoms with van der Waals surface area (Å²) in [5.41, 5.74) is 2.00. The maximum atomic E-state index is 13.2. The summed E-state index contributed by atoms with van der Waals surface area (Å²) >= 11 is 0. The van der Waals surface area contributed by atoms with Gasteiger partial charge in [0.1, 0.15) is 5.69 Å². The molecule has 2 aromatic rings. The predicted octanol–water partition coefficient (Wildman–Crippen LogP) is 4.17. The molecule has 28 heavy (non-hydrogen) atoms. The number of carbonyl (C=O) groups is 1. The van der Waals surface area contributed by atoms with E-state index in [1.807, 2.05) is 29.2 Å². The number of para-hydroxylation sites is 2. The van der Waals surface area contributed by atoms with E-state index in [1.165, 1.54) is 5.56 Å². The van der Waals surface area contributed by atoms with Crippen molar-refractivity contribution in [3.05, 3.63) is 70.3 Å². The standard InChI is InChI=1S/C22H25N3O3/c26-22(24-14-6-11-19(24)17-7-2-1-3-8-17)18-12-15-23(16-13-18)20-9-4-5-10-21(20)25(27)28/h1-5,7-10,18-19H,6,11-16H2. The third-order valence-corrected chi connectivity index (χ3v) is 5.98. The van der Waals surface area contributed by atoms with Crippen molar-refractivity contribution in [1.82, 2.24) is 4.90 Å². The first-order chi connectivity index (χ1) is 13.6. The van der Waals surface area contributed by atoms with Crippen LogP contribution in [0.5, 0.6) is 0 Å². The van der Waals surface area contributed by atoms with Crippen LogP contribution in [-0.2, 0) is 4.79 Å². The lowest BCUT2D eigenvalue weighted by Crippen LogP contribution is -2.42. The maximum Gasteiger partial charge on any atom is 0.292 e. The molecule has 2 fully saturated rings. The molecule has 2 heterocycles. The zero-order valence-corrected chi connectivity index (χ0v) is 15.9. The van der Waals surface area contributed by atoms with Crippen LogP contribution in [0.2, 0.25) is 0 Å². The van der Waals surface area contributed by atoms with Gasteiger partial charge in [-0.3, -0.25) is 14.9 Å². The first kappa shape index (κ1) is 18.5. The Balaban J connectivity index is 1.43. The lowest BCUT2D eigenvalue weighted by atomic mass is 9.93. The van der Waals surface area contributed by atoms with Crippen LogP contribution in [0.15, 0.2) is 54.6 Å². The molecule has 2 aliphatic heterocycles. The van der Waals surface area contributed by atoms with E-state index in [-0.39, 0.29) is 28.5 Å². The fourth-order valence-corrected chi connectivity index (χ4v) is 4.54. The van der Waals surface area contributed by atoms with Gasteiger partial charge in [0.25, 0.3) is 5.69 Å². The number of likely N-dealkylation sites (tertiary alicyclic amines) is 1. The summed E-state index contributed by atoms with van der Waals surface area (Å²) in [4.78, 5) is 28.3. The second-order valence-electron chi connectivity index (χ2n) is 7.61. The molecule has 2 saturated heterocycles. The summed E-state index contributed by atoms with van der Waals surface area (Å²) in [6.45, 7) is 2.17. The monoisotopic (exact) mass is 379 g/mol. The molecule has 0 aliphatic carbocycles. The summed E-state index contributed by atoms with van der Waals surface area (Å²) in [7, 11) is 0. The number of hydrogen-bond acceptors (Lipinski definition) is 4. The Kier molecular flexibility index (Phi) is 5.28. The SMILES string of the molecule is O=C(C1CCN(c2ccccc2[N+](=O)[O-])CC1)N1CCCC1c1ccccc1. The van der Waals surface area contributed by atoms with Crippen molar-refractivity contribution < 1.29 is 9.72 Å². The van der Waals surface area contributed by atoms with Gasteiger partial charge in [0.2, 0.25) is 5.91 Å². The molecule has 2 aliphatic rings. The summed E-state index contributed by atoms with van der Waals surface area (Å²) in [6.07, 6.45) is 3.54. The fraction of sp³-hybridized carbons (Fsp3) is 0.409. The number of nitro groups is 1. The van der Waals surface area contributed by atoms with E-state index in [9.17, 15) is 14.9 Å². The summed E-state index contributed by atoms with van der Waals surface area (Å²) < 4.78 is 0. The highest BCUT2D eigenvalue weighted by atomic mass is 16.6. The van der Waals surface area contributed by atoms with Crippen LogP contribution in [0.4, 0.5) is 11.4 Å². The number of nitrogens with zero attached hydrogens (tertiary/aromatic N) is 3. The Hall–Kier alpha value is -2.89. The van der Waals surface area contributed by atoms with E-state index >= 15 is 0 Å². The van der Waals surface area contributed by atoms with Crippen LogP contribution in [0.25, 0.3) is 0 Å². The minimum atomic E-state index is -0.332. The summed E-state index contributed by atoms with van der Waals surface area (Å²) in [5, 5.41) is 11.3. The van der Waals surface area contributed by atoms with Crippen molar-refractivity contribution in [2.45, 2.75) is 31.7 Å². The van der Waals surface area contributed by atoms with Crippen molar-refractivity contribution in [2.75, 3.05) is 24.5 Å². The van der Waals surface area contributed by atoms with Gasteiger partial charge in [0, 0.05) is 31.6 Å². The Labute approximate surface area is 164 Å². The Bertz CT molecular complexity index is 847. The van der Waals surface area contributed by atoms with Gasteiger partial charge < -0.3 is 9.80 Å². The molecule has 1 unspecified atom stereocenters. The van der Waals surface area contributed by atoms with E-state index in [0.717, 1.165) is 32.2 Å². The minimum Gasteiger partial charge on any atom is -0.366 e. The molecule has 1 amide bonds.